The van der Waals surface area contributed by atoms with Gasteiger partial charge in [0.05, 0.1) is 0 Å². The van der Waals surface area contributed by atoms with E-state index in [9.17, 15) is 4.79 Å². The van der Waals surface area contributed by atoms with Gasteiger partial charge in [0.2, 0.25) is 0 Å². The summed E-state index contributed by atoms with van der Waals surface area (Å²) in [6.07, 6.45) is 4.84. The van der Waals surface area contributed by atoms with Gasteiger partial charge < -0.3 is 10.2 Å². The van der Waals surface area contributed by atoms with Crippen molar-refractivity contribution in [2.24, 2.45) is 0 Å². The van der Waals surface area contributed by atoms with Gasteiger partial charge >= 0.3 is 6.03 Å². The molecule has 0 bridgehead atoms. The number of rotatable bonds is 3. The van der Waals surface area contributed by atoms with Crippen LogP contribution in [0.15, 0.2) is 0 Å². The molecule has 4 heteroatoms. The summed E-state index contributed by atoms with van der Waals surface area (Å²) < 4.78 is 0. The number of hydrogen-bond donors (Lipinski definition) is 1. The zero-order chi connectivity index (χ0) is 11.4. The predicted molar refractivity (Wildman–Crippen MR) is 64.5 cm³/mol. The van der Waals surface area contributed by atoms with Crippen LogP contribution in [-0.2, 0) is 0 Å². The Morgan fingerprint density at radius 3 is 2.69 bits per heavy atom. The highest BCUT2D eigenvalue weighted by Gasteiger charge is 2.24. The lowest BCUT2D eigenvalue weighted by molar-refractivity contribution is 0.201. The van der Waals surface area contributed by atoms with Crippen molar-refractivity contribution in [1.82, 2.24) is 15.1 Å². The second-order valence-corrected chi connectivity index (χ2v) is 4.80. The third kappa shape index (κ3) is 2.67. The van der Waals surface area contributed by atoms with E-state index in [1.807, 2.05) is 4.90 Å². The van der Waals surface area contributed by atoms with Gasteiger partial charge in [-0.2, -0.15) is 0 Å². The van der Waals surface area contributed by atoms with E-state index in [0.717, 1.165) is 39.0 Å². The summed E-state index contributed by atoms with van der Waals surface area (Å²) in [5.41, 5.74) is 0. The van der Waals surface area contributed by atoms with Gasteiger partial charge in [-0.05, 0) is 38.8 Å². The number of nitrogens with one attached hydrogen (secondary N) is 1. The highest BCUT2D eigenvalue weighted by molar-refractivity contribution is 5.74. The number of carbonyl (C=O) groups excluding carboxylic acids is 1. The molecular formula is C12H23N3O. The molecule has 1 N–H and O–H groups in total. The largest absolute Gasteiger partial charge is 0.336 e. The molecule has 1 unspecified atom stereocenters. The van der Waals surface area contributed by atoms with Crippen molar-refractivity contribution in [3.8, 4) is 0 Å². The summed E-state index contributed by atoms with van der Waals surface area (Å²) >= 11 is 0. The Bertz CT molecular complexity index is 238. The van der Waals surface area contributed by atoms with E-state index in [0.29, 0.717) is 6.04 Å². The first-order valence-corrected chi connectivity index (χ1v) is 6.58. The highest BCUT2D eigenvalue weighted by atomic mass is 16.2. The molecule has 2 aliphatic rings. The third-order valence-corrected chi connectivity index (χ3v) is 3.79. The Balaban J connectivity index is 1.71. The molecule has 2 aliphatic heterocycles. The second-order valence-electron chi connectivity index (χ2n) is 4.80. The summed E-state index contributed by atoms with van der Waals surface area (Å²) in [4.78, 5) is 16.2. The number of carbonyl (C=O) groups is 1. The lowest BCUT2D eigenvalue weighted by atomic mass is 10.2. The number of likely N-dealkylation sites (tertiary alicyclic amines) is 2. The smallest absolute Gasteiger partial charge is 0.317 e. The van der Waals surface area contributed by atoms with Crippen molar-refractivity contribution < 1.29 is 4.79 Å². The van der Waals surface area contributed by atoms with Crippen LogP contribution in [0.4, 0.5) is 4.79 Å². The maximum Gasteiger partial charge on any atom is 0.317 e. The van der Waals surface area contributed by atoms with Crippen LogP contribution >= 0.6 is 0 Å². The Hall–Kier alpha value is -0.770. The molecule has 0 radical (unpaired) electrons. The standard InChI is InChI=1S/C12H23N3O/c1-2-14-9-5-6-11(14)10-13-12(16)15-7-3-4-8-15/h11H,2-10H2,1H3,(H,13,16). The predicted octanol–water partition coefficient (Wildman–Crippen LogP) is 1.28. The first-order valence-electron chi connectivity index (χ1n) is 6.58. The van der Waals surface area contributed by atoms with Crippen LogP contribution in [-0.4, -0.2) is 54.6 Å². The molecule has 0 spiro atoms. The SMILES string of the molecule is CCN1CCCC1CNC(=O)N1CCCC1. The van der Waals surface area contributed by atoms with Crippen molar-refractivity contribution in [2.75, 3.05) is 32.7 Å². The Morgan fingerprint density at radius 1 is 1.25 bits per heavy atom. The fourth-order valence-corrected chi connectivity index (χ4v) is 2.78. The van der Waals surface area contributed by atoms with Crippen LogP contribution in [0.2, 0.25) is 0 Å². The first-order chi connectivity index (χ1) is 7.81. The topological polar surface area (TPSA) is 35.6 Å². The average molecular weight is 225 g/mol. The van der Waals surface area contributed by atoms with Crippen molar-refractivity contribution in [1.29, 1.82) is 0 Å². The molecule has 92 valence electrons. The molecule has 2 amide bonds. The molecule has 4 nitrogen and oxygen atoms in total. The van der Waals surface area contributed by atoms with Crippen LogP contribution in [0.5, 0.6) is 0 Å². The second kappa shape index (κ2) is 5.53. The fraction of sp³-hybridized carbons (Fsp3) is 0.917. The van der Waals surface area contributed by atoms with E-state index in [-0.39, 0.29) is 6.03 Å². The number of likely N-dealkylation sites (N-methyl/N-ethyl adjacent to an activating group) is 1. The van der Waals surface area contributed by atoms with Gasteiger partial charge in [-0.25, -0.2) is 4.79 Å². The third-order valence-electron chi connectivity index (χ3n) is 3.79. The number of urea groups is 1. The molecule has 0 aromatic rings. The van der Waals surface area contributed by atoms with E-state index in [1.54, 1.807) is 0 Å². The van der Waals surface area contributed by atoms with Crippen LogP contribution < -0.4 is 5.32 Å². The van der Waals surface area contributed by atoms with Crippen LogP contribution in [0.1, 0.15) is 32.6 Å². The van der Waals surface area contributed by atoms with Crippen LogP contribution in [0.3, 0.4) is 0 Å². The van der Waals surface area contributed by atoms with Gasteiger partial charge in [0.1, 0.15) is 0 Å². The molecule has 2 fully saturated rings. The van der Waals surface area contributed by atoms with E-state index in [2.05, 4.69) is 17.1 Å². The molecule has 16 heavy (non-hydrogen) atoms. The Labute approximate surface area is 98.0 Å². The molecular weight excluding hydrogens is 202 g/mol. The maximum atomic E-state index is 11.8. The average Bonchev–Trinajstić information content (AvgIpc) is 2.96. The van der Waals surface area contributed by atoms with E-state index in [4.69, 9.17) is 0 Å². The molecule has 0 aromatic carbocycles. The van der Waals surface area contributed by atoms with Gasteiger partial charge in [0.25, 0.3) is 0 Å². The fourth-order valence-electron chi connectivity index (χ4n) is 2.78. The summed E-state index contributed by atoms with van der Waals surface area (Å²) in [5.74, 6) is 0. The summed E-state index contributed by atoms with van der Waals surface area (Å²) in [7, 11) is 0. The normalized spacial score (nSPS) is 26.3. The van der Waals surface area contributed by atoms with Gasteiger partial charge in [-0.15, -0.1) is 0 Å². The van der Waals surface area contributed by atoms with Gasteiger partial charge in [-0.1, -0.05) is 6.92 Å². The maximum absolute atomic E-state index is 11.8. The zero-order valence-corrected chi connectivity index (χ0v) is 10.2. The van der Waals surface area contributed by atoms with Crippen LogP contribution in [0.25, 0.3) is 0 Å². The first kappa shape index (κ1) is 11.7. The number of hydrogen-bond acceptors (Lipinski definition) is 2. The Morgan fingerprint density at radius 2 is 2.00 bits per heavy atom. The van der Waals surface area contributed by atoms with Crippen molar-refractivity contribution in [2.45, 2.75) is 38.6 Å². The lowest BCUT2D eigenvalue weighted by Gasteiger charge is -2.24. The minimum Gasteiger partial charge on any atom is -0.336 e. The molecule has 2 saturated heterocycles. The summed E-state index contributed by atoms with van der Waals surface area (Å²) in [5, 5.41) is 3.08. The molecule has 2 rings (SSSR count). The van der Waals surface area contributed by atoms with E-state index < -0.39 is 0 Å². The quantitative estimate of drug-likeness (QED) is 0.785. The van der Waals surface area contributed by atoms with Crippen molar-refractivity contribution in [3.05, 3.63) is 0 Å². The highest BCUT2D eigenvalue weighted by Crippen LogP contribution is 2.15. The minimum absolute atomic E-state index is 0.139. The number of amides is 2. The lowest BCUT2D eigenvalue weighted by Crippen LogP contribution is -2.44. The van der Waals surface area contributed by atoms with Crippen molar-refractivity contribution >= 4 is 6.03 Å². The molecule has 0 saturated carbocycles. The molecule has 2 heterocycles. The minimum atomic E-state index is 0.139. The van der Waals surface area contributed by atoms with E-state index in [1.165, 1.54) is 19.4 Å². The molecule has 1 atom stereocenters. The van der Waals surface area contributed by atoms with Gasteiger partial charge in [-0.3, -0.25) is 4.90 Å². The molecule has 0 aromatic heterocycles. The van der Waals surface area contributed by atoms with Gasteiger partial charge in [0, 0.05) is 25.7 Å². The van der Waals surface area contributed by atoms with E-state index >= 15 is 0 Å². The number of nitrogens with zero attached hydrogens (tertiary/aromatic N) is 2. The monoisotopic (exact) mass is 225 g/mol. The van der Waals surface area contributed by atoms with Gasteiger partial charge in [0.15, 0.2) is 0 Å². The zero-order valence-electron chi connectivity index (χ0n) is 10.2. The summed E-state index contributed by atoms with van der Waals surface area (Å²) in [6, 6.07) is 0.706. The van der Waals surface area contributed by atoms with Crippen molar-refractivity contribution in [3.63, 3.8) is 0 Å². The Kier molecular flexibility index (Phi) is 4.04. The molecule has 0 aliphatic carbocycles. The van der Waals surface area contributed by atoms with Crippen LogP contribution in [0, 0.1) is 0 Å². The summed E-state index contributed by atoms with van der Waals surface area (Å²) in [6.45, 7) is 7.19.